The molecule has 2 rings (SSSR count). The molecule has 0 radical (unpaired) electrons. The van der Waals surface area contributed by atoms with Crippen LogP contribution in [0.25, 0.3) is 0 Å². The number of hydrogen-bond acceptors (Lipinski definition) is 7. The van der Waals surface area contributed by atoms with Crippen molar-refractivity contribution in [3.63, 3.8) is 0 Å². The lowest BCUT2D eigenvalue weighted by Crippen LogP contribution is -2.25. The minimum atomic E-state index is -4.26. The third kappa shape index (κ3) is 3.59. The lowest BCUT2D eigenvalue weighted by molar-refractivity contribution is 0.553. The maximum atomic E-state index is 13.7. The highest BCUT2D eigenvalue weighted by atomic mass is 32.2. The molecule has 0 aliphatic rings. The molecule has 9 nitrogen and oxygen atoms in total. The normalized spacial score (nSPS) is 12.5. The molecule has 0 bridgehead atoms. The second kappa shape index (κ2) is 5.46. The van der Waals surface area contributed by atoms with Crippen molar-refractivity contribution >= 4 is 19.9 Å². The lowest BCUT2D eigenvalue weighted by Gasteiger charge is -2.07. The second-order valence-corrected chi connectivity index (χ2v) is 7.77. The molecule has 1 heterocycles. The molecule has 0 saturated heterocycles. The zero-order chi connectivity index (χ0) is 15.7. The molecular formula is C9H10FN5O4S2. The van der Waals surface area contributed by atoms with Crippen molar-refractivity contribution in [2.45, 2.75) is 16.3 Å². The van der Waals surface area contributed by atoms with Gasteiger partial charge in [-0.2, -0.15) is 5.21 Å². The molecule has 0 amide bonds. The maximum Gasteiger partial charge on any atom is 0.243 e. The first kappa shape index (κ1) is 15.5. The fourth-order valence-corrected chi connectivity index (χ4v) is 3.22. The van der Waals surface area contributed by atoms with Crippen molar-refractivity contribution in [1.29, 1.82) is 0 Å². The van der Waals surface area contributed by atoms with Gasteiger partial charge in [-0.15, -0.1) is 10.2 Å². The number of nitrogens with zero attached hydrogens (tertiary/aromatic N) is 3. The van der Waals surface area contributed by atoms with E-state index in [0.29, 0.717) is 0 Å². The highest BCUT2D eigenvalue weighted by molar-refractivity contribution is 7.91. The van der Waals surface area contributed by atoms with Crippen LogP contribution < -0.4 is 4.72 Å². The van der Waals surface area contributed by atoms with Crippen LogP contribution in [0.15, 0.2) is 28.0 Å². The van der Waals surface area contributed by atoms with Crippen molar-refractivity contribution in [2.75, 3.05) is 6.26 Å². The Balaban J connectivity index is 2.35. The lowest BCUT2D eigenvalue weighted by atomic mass is 10.3. The molecule has 114 valence electrons. The van der Waals surface area contributed by atoms with E-state index in [9.17, 15) is 21.2 Å². The van der Waals surface area contributed by atoms with Gasteiger partial charge in [0.25, 0.3) is 0 Å². The van der Waals surface area contributed by atoms with Crippen LogP contribution in [-0.2, 0) is 26.4 Å². The van der Waals surface area contributed by atoms with E-state index in [-0.39, 0.29) is 17.3 Å². The van der Waals surface area contributed by atoms with Crippen LogP contribution in [0.3, 0.4) is 0 Å². The maximum absolute atomic E-state index is 13.7. The number of tetrazole rings is 1. The molecule has 2 N–H and O–H groups in total. The summed E-state index contributed by atoms with van der Waals surface area (Å²) >= 11 is 0. The van der Waals surface area contributed by atoms with E-state index >= 15 is 0 Å². The van der Waals surface area contributed by atoms with Gasteiger partial charge in [0.1, 0.15) is 10.7 Å². The number of halogens is 1. The molecule has 0 fully saturated rings. The molecule has 0 unspecified atom stereocenters. The minimum Gasteiger partial charge on any atom is -0.224 e. The van der Waals surface area contributed by atoms with Gasteiger partial charge in [0.2, 0.25) is 10.0 Å². The Labute approximate surface area is 119 Å². The first-order chi connectivity index (χ1) is 9.70. The van der Waals surface area contributed by atoms with Gasteiger partial charge in [-0.3, -0.25) is 0 Å². The monoisotopic (exact) mass is 335 g/mol. The molecule has 12 heteroatoms. The predicted octanol–water partition coefficient (Wildman–Crippen LogP) is -0.779. The highest BCUT2D eigenvalue weighted by Gasteiger charge is 2.22. The Morgan fingerprint density at radius 1 is 1.29 bits per heavy atom. The summed E-state index contributed by atoms with van der Waals surface area (Å²) in [4.78, 5) is -1.07. The van der Waals surface area contributed by atoms with Gasteiger partial charge in [-0.25, -0.2) is 25.9 Å². The van der Waals surface area contributed by atoms with Gasteiger partial charge >= 0.3 is 0 Å². The Morgan fingerprint density at radius 2 is 2.00 bits per heavy atom. The Bertz CT molecular complexity index is 848. The van der Waals surface area contributed by atoms with Crippen LogP contribution in [0.1, 0.15) is 5.82 Å². The quantitative estimate of drug-likeness (QED) is 0.684. The Morgan fingerprint density at radius 3 is 2.57 bits per heavy atom. The largest absolute Gasteiger partial charge is 0.243 e. The molecule has 2 aromatic rings. The van der Waals surface area contributed by atoms with E-state index in [1.54, 1.807) is 0 Å². The van der Waals surface area contributed by atoms with Gasteiger partial charge in [0.05, 0.1) is 11.4 Å². The third-order valence-electron chi connectivity index (χ3n) is 2.43. The average molecular weight is 335 g/mol. The molecule has 0 aliphatic carbocycles. The number of hydrogen-bond donors (Lipinski definition) is 2. The van der Waals surface area contributed by atoms with Crippen molar-refractivity contribution in [2.24, 2.45) is 0 Å². The molecule has 0 spiro atoms. The number of sulfone groups is 1. The Hall–Kier alpha value is -1.92. The van der Waals surface area contributed by atoms with Crippen molar-refractivity contribution in [3.8, 4) is 0 Å². The number of sulfonamides is 1. The van der Waals surface area contributed by atoms with E-state index in [1.807, 2.05) is 4.72 Å². The summed E-state index contributed by atoms with van der Waals surface area (Å²) < 4.78 is 62.5. The standard InChI is InChI=1S/C9H10FN5O4S2/c1-20(16,17)6-2-3-7(10)8(4-6)21(18,19)11-5-9-12-14-15-13-9/h2-4,11H,5H2,1H3,(H,12,13,14,15). The van der Waals surface area contributed by atoms with E-state index in [1.165, 1.54) is 0 Å². The van der Waals surface area contributed by atoms with E-state index < -0.39 is 30.6 Å². The van der Waals surface area contributed by atoms with Crippen LogP contribution >= 0.6 is 0 Å². The minimum absolute atomic E-state index is 0.0539. The second-order valence-electron chi connectivity index (χ2n) is 4.02. The summed E-state index contributed by atoms with van der Waals surface area (Å²) in [6.07, 6.45) is 0.892. The fourth-order valence-electron chi connectivity index (χ4n) is 1.41. The summed E-state index contributed by atoms with van der Waals surface area (Å²) in [6, 6.07) is 2.52. The van der Waals surface area contributed by atoms with E-state index in [2.05, 4.69) is 20.6 Å². The van der Waals surface area contributed by atoms with Gasteiger partial charge in [-0.05, 0) is 18.2 Å². The molecule has 1 aromatic heterocycles. The van der Waals surface area contributed by atoms with Crippen LogP contribution in [0.5, 0.6) is 0 Å². The number of rotatable bonds is 5. The van der Waals surface area contributed by atoms with Crippen molar-refractivity contribution in [3.05, 3.63) is 29.8 Å². The van der Waals surface area contributed by atoms with Crippen LogP contribution in [0.2, 0.25) is 0 Å². The first-order valence-corrected chi connectivity index (χ1v) is 8.79. The number of benzene rings is 1. The summed E-state index contributed by atoms with van der Waals surface area (Å²) in [5.74, 6) is -1.01. The molecular weight excluding hydrogens is 325 g/mol. The van der Waals surface area contributed by atoms with Crippen molar-refractivity contribution < 1.29 is 21.2 Å². The third-order valence-corrected chi connectivity index (χ3v) is 4.96. The zero-order valence-electron chi connectivity index (χ0n) is 10.6. The van der Waals surface area contributed by atoms with Gasteiger partial charge < -0.3 is 0 Å². The van der Waals surface area contributed by atoms with Crippen LogP contribution in [-0.4, -0.2) is 43.7 Å². The summed E-state index contributed by atoms with van der Waals surface area (Å²) in [5, 5.41) is 12.4. The summed E-state index contributed by atoms with van der Waals surface area (Å²) in [6.45, 7) is -0.318. The molecule has 1 aromatic carbocycles. The van der Waals surface area contributed by atoms with Crippen molar-refractivity contribution in [1.82, 2.24) is 25.3 Å². The van der Waals surface area contributed by atoms with Gasteiger partial charge in [0.15, 0.2) is 15.7 Å². The molecule has 21 heavy (non-hydrogen) atoms. The average Bonchev–Trinajstić information content (AvgIpc) is 2.88. The molecule has 0 aliphatic heterocycles. The number of nitrogens with one attached hydrogen (secondary N) is 2. The number of aromatic amines is 1. The van der Waals surface area contributed by atoms with E-state index in [0.717, 1.165) is 24.5 Å². The summed E-state index contributed by atoms with van der Waals surface area (Å²) in [7, 11) is -7.92. The molecule has 0 atom stereocenters. The topological polar surface area (TPSA) is 135 Å². The Kier molecular flexibility index (Phi) is 4.02. The van der Waals surface area contributed by atoms with Crippen LogP contribution in [0.4, 0.5) is 4.39 Å². The first-order valence-electron chi connectivity index (χ1n) is 5.42. The smallest absolute Gasteiger partial charge is 0.224 e. The predicted molar refractivity (Wildman–Crippen MR) is 67.7 cm³/mol. The number of H-pyrrole nitrogens is 1. The number of aromatic nitrogens is 4. The van der Waals surface area contributed by atoms with Gasteiger partial charge in [-0.1, -0.05) is 5.21 Å². The fraction of sp³-hybridized carbons (Fsp3) is 0.222. The highest BCUT2D eigenvalue weighted by Crippen LogP contribution is 2.19. The summed E-state index contributed by atoms with van der Waals surface area (Å²) in [5.41, 5.74) is 0. The zero-order valence-corrected chi connectivity index (χ0v) is 12.2. The van der Waals surface area contributed by atoms with Crippen LogP contribution in [0, 0.1) is 5.82 Å². The molecule has 0 saturated carbocycles. The van der Waals surface area contributed by atoms with E-state index in [4.69, 9.17) is 0 Å². The SMILES string of the molecule is CS(=O)(=O)c1ccc(F)c(S(=O)(=O)NCc2nn[nH]n2)c1. The van der Waals surface area contributed by atoms with Gasteiger partial charge in [0, 0.05) is 6.26 Å².